The van der Waals surface area contributed by atoms with Crippen LogP contribution in [0.3, 0.4) is 0 Å². The van der Waals surface area contributed by atoms with Gasteiger partial charge in [-0.25, -0.2) is 4.79 Å². The predicted octanol–water partition coefficient (Wildman–Crippen LogP) is 2.51. The number of ether oxygens (including phenoxy) is 3. The Morgan fingerprint density at radius 3 is 2.41 bits per heavy atom. The average Bonchev–Trinajstić information content (AvgIpc) is 2.36. The van der Waals surface area contributed by atoms with E-state index < -0.39 is 17.5 Å². The molecule has 0 N–H and O–H groups in total. The Bertz CT molecular complexity index is 244. The Balaban J connectivity index is 0.00000121. The van der Waals surface area contributed by atoms with E-state index in [2.05, 4.69) is 25.4 Å². The van der Waals surface area contributed by atoms with Gasteiger partial charge in [0.1, 0.15) is 18.6 Å². The van der Waals surface area contributed by atoms with Gasteiger partial charge in [-0.2, -0.15) is 0 Å². The molecule has 1 aliphatic rings. The van der Waals surface area contributed by atoms with Crippen LogP contribution in [-0.2, 0) is 19.0 Å². The van der Waals surface area contributed by atoms with Crippen LogP contribution in [0.4, 0.5) is 4.79 Å². The first kappa shape index (κ1) is 16.2. The molecule has 100 valence electrons. The third kappa shape index (κ3) is 5.39. The van der Waals surface area contributed by atoms with Crippen LogP contribution < -0.4 is 0 Å². The Morgan fingerprint density at radius 1 is 1.41 bits per heavy atom. The molecule has 0 atom stereocenters. The van der Waals surface area contributed by atoms with Crippen LogP contribution in [-0.4, -0.2) is 37.3 Å². The van der Waals surface area contributed by atoms with Crippen LogP contribution in [0.25, 0.3) is 0 Å². The number of carbonyl (C=O) groups is 2. The van der Waals surface area contributed by atoms with Gasteiger partial charge in [-0.05, 0) is 13.3 Å². The van der Waals surface area contributed by atoms with Crippen molar-refractivity contribution in [1.82, 2.24) is 0 Å². The molecule has 0 bridgehead atoms. The lowest BCUT2D eigenvalue weighted by Gasteiger charge is -2.29. The first-order chi connectivity index (χ1) is 8.08. The molecule has 1 heterocycles. The van der Waals surface area contributed by atoms with E-state index in [0.29, 0.717) is 6.61 Å². The molecule has 0 radical (unpaired) electrons. The smallest absolute Gasteiger partial charge is 0.465 e. The Morgan fingerprint density at radius 2 is 1.94 bits per heavy atom. The summed E-state index contributed by atoms with van der Waals surface area (Å²) < 4.78 is 14.3. The van der Waals surface area contributed by atoms with Gasteiger partial charge in [0, 0.05) is 5.33 Å². The van der Waals surface area contributed by atoms with Crippen molar-refractivity contribution in [2.24, 2.45) is 5.41 Å². The van der Waals surface area contributed by atoms with Gasteiger partial charge in [-0.1, -0.05) is 29.8 Å². The molecule has 1 aliphatic heterocycles. The highest BCUT2D eigenvalue weighted by Crippen LogP contribution is 2.24. The van der Waals surface area contributed by atoms with E-state index in [1.54, 1.807) is 6.92 Å². The highest BCUT2D eigenvalue weighted by Gasteiger charge is 2.41. The van der Waals surface area contributed by atoms with Crippen molar-refractivity contribution >= 4 is 28.1 Å². The maximum Gasteiger partial charge on any atom is 0.508 e. The number of hydrogen-bond donors (Lipinski definition) is 0. The molecule has 0 amide bonds. The van der Waals surface area contributed by atoms with Gasteiger partial charge in [0.05, 0.1) is 6.61 Å². The summed E-state index contributed by atoms with van der Waals surface area (Å²) in [7, 11) is 0. The van der Waals surface area contributed by atoms with Gasteiger partial charge in [0.15, 0.2) is 0 Å². The van der Waals surface area contributed by atoms with Crippen molar-refractivity contribution in [3.63, 3.8) is 0 Å². The molecule has 6 heteroatoms. The van der Waals surface area contributed by atoms with E-state index >= 15 is 0 Å². The molecule has 1 fully saturated rings. The fraction of sp³-hybridized carbons (Fsp3) is 0.818. The second kappa shape index (κ2) is 8.33. The molecular weight excluding hydrogens is 292 g/mol. The quantitative estimate of drug-likeness (QED) is 0.453. The van der Waals surface area contributed by atoms with Crippen molar-refractivity contribution in [2.45, 2.75) is 27.2 Å². The van der Waals surface area contributed by atoms with E-state index in [-0.39, 0.29) is 13.2 Å². The average molecular weight is 311 g/mol. The second-order valence-electron chi connectivity index (χ2n) is 3.57. The molecule has 1 saturated heterocycles. The van der Waals surface area contributed by atoms with Crippen LogP contribution in [0, 0.1) is 5.41 Å². The number of rotatable bonds is 4. The van der Waals surface area contributed by atoms with Crippen molar-refractivity contribution in [2.75, 3.05) is 25.2 Å². The van der Waals surface area contributed by atoms with Gasteiger partial charge in [-0.3, -0.25) is 4.79 Å². The topological polar surface area (TPSA) is 61.8 Å². The van der Waals surface area contributed by atoms with Crippen molar-refractivity contribution < 1.29 is 23.8 Å². The lowest BCUT2D eigenvalue weighted by atomic mass is 9.93. The molecule has 0 aliphatic carbocycles. The number of alkyl halides is 1. The van der Waals surface area contributed by atoms with Crippen LogP contribution in [0.2, 0.25) is 0 Å². The Kier molecular flexibility index (Phi) is 7.95. The normalized spacial score (nSPS) is 17.1. The van der Waals surface area contributed by atoms with Crippen molar-refractivity contribution in [3.8, 4) is 0 Å². The molecule has 0 saturated carbocycles. The van der Waals surface area contributed by atoms with E-state index in [9.17, 15) is 9.59 Å². The largest absolute Gasteiger partial charge is 0.508 e. The minimum absolute atomic E-state index is 0.0129. The number of hydrogen-bond acceptors (Lipinski definition) is 5. The summed E-state index contributed by atoms with van der Waals surface area (Å²) in [6.07, 6.45) is 0.0170. The summed E-state index contributed by atoms with van der Waals surface area (Å²) in [6.45, 7) is 6.03. The van der Waals surface area contributed by atoms with E-state index in [4.69, 9.17) is 4.74 Å². The first-order valence-electron chi connectivity index (χ1n) is 5.61. The third-order valence-electron chi connectivity index (χ3n) is 2.02. The summed E-state index contributed by atoms with van der Waals surface area (Å²) in [5.41, 5.74) is -0.875. The molecule has 1 rings (SSSR count). The fourth-order valence-electron chi connectivity index (χ4n) is 1.03. The van der Waals surface area contributed by atoms with E-state index in [0.717, 1.165) is 11.8 Å². The maximum atomic E-state index is 11.6. The second-order valence-corrected chi connectivity index (χ2v) is 4.36. The Labute approximate surface area is 110 Å². The number of cyclic esters (lactones) is 2. The van der Waals surface area contributed by atoms with E-state index in [1.807, 2.05) is 13.8 Å². The maximum absolute atomic E-state index is 11.6. The van der Waals surface area contributed by atoms with Crippen molar-refractivity contribution in [1.29, 1.82) is 0 Å². The summed E-state index contributed by atoms with van der Waals surface area (Å²) in [5, 5.41) is 0.780. The number of carbonyl (C=O) groups excluding carboxylic acids is 2. The molecule has 0 aromatic heterocycles. The zero-order valence-electron chi connectivity index (χ0n) is 10.5. The molecule has 0 spiro atoms. The minimum Gasteiger partial charge on any atom is -0.465 e. The molecule has 0 aromatic carbocycles. The standard InChI is InChI=1S/C9H13BrO5.C2H6/c1-9(5-14-8(12)15-6-9)7(11)13-4-2-3-10;1-2/h2-6H2,1H3;1-2H3. The lowest BCUT2D eigenvalue weighted by Crippen LogP contribution is -2.44. The fourth-order valence-corrected chi connectivity index (χ4v) is 1.26. The van der Waals surface area contributed by atoms with Gasteiger partial charge < -0.3 is 14.2 Å². The summed E-state index contributed by atoms with van der Waals surface area (Å²) in [5.74, 6) is -0.393. The minimum atomic E-state index is -0.875. The van der Waals surface area contributed by atoms with Gasteiger partial charge in [0.25, 0.3) is 0 Å². The molecule has 0 unspecified atom stereocenters. The van der Waals surface area contributed by atoms with Gasteiger partial charge in [0.2, 0.25) is 0 Å². The SMILES string of the molecule is CC.CC1(C(=O)OCCCBr)COC(=O)OC1. The Hall–Kier alpha value is -0.780. The lowest BCUT2D eigenvalue weighted by molar-refractivity contribution is -0.166. The van der Waals surface area contributed by atoms with Crippen LogP contribution in [0.5, 0.6) is 0 Å². The summed E-state index contributed by atoms with van der Waals surface area (Å²) in [4.78, 5) is 22.2. The third-order valence-corrected chi connectivity index (χ3v) is 2.58. The number of esters is 1. The first-order valence-corrected chi connectivity index (χ1v) is 6.73. The van der Waals surface area contributed by atoms with Crippen molar-refractivity contribution in [3.05, 3.63) is 0 Å². The highest BCUT2D eigenvalue weighted by atomic mass is 79.9. The van der Waals surface area contributed by atoms with E-state index in [1.165, 1.54) is 0 Å². The predicted molar refractivity (Wildman–Crippen MR) is 66.1 cm³/mol. The summed E-state index contributed by atoms with van der Waals surface area (Å²) in [6, 6.07) is 0. The zero-order valence-corrected chi connectivity index (χ0v) is 12.0. The summed E-state index contributed by atoms with van der Waals surface area (Å²) >= 11 is 3.23. The van der Waals surface area contributed by atoms with Crippen LogP contribution >= 0.6 is 15.9 Å². The monoisotopic (exact) mass is 310 g/mol. The highest BCUT2D eigenvalue weighted by molar-refractivity contribution is 9.09. The van der Waals surface area contributed by atoms with Crippen LogP contribution in [0.1, 0.15) is 27.2 Å². The molecular formula is C11H19BrO5. The molecule has 5 nitrogen and oxygen atoms in total. The van der Waals surface area contributed by atoms with Gasteiger partial charge >= 0.3 is 12.1 Å². The zero-order chi connectivity index (χ0) is 13.3. The molecule has 17 heavy (non-hydrogen) atoms. The van der Waals surface area contributed by atoms with Gasteiger partial charge in [-0.15, -0.1) is 0 Å². The number of halogens is 1. The van der Waals surface area contributed by atoms with Crippen LogP contribution in [0.15, 0.2) is 0 Å². The molecule has 0 aromatic rings.